The van der Waals surface area contributed by atoms with Crippen LogP contribution in [0.25, 0.3) is 0 Å². The lowest BCUT2D eigenvalue weighted by molar-refractivity contribution is -0.118. The SMILES string of the molecule is CCOP(=S)(OCC)S[C@H](C(N)=O)C(C)C. The summed E-state index contributed by atoms with van der Waals surface area (Å²) in [6.45, 7) is 8.53. The minimum absolute atomic E-state index is 0.116. The highest BCUT2D eigenvalue weighted by Crippen LogP contribution is 2.63. The zero-order chi connectivity index (χ0) is 12.8. The Kier molecular flexibility index (Phi) is 7.85. The maximum atomic E-state index is 11.3. The molecular weight excluding hydrogens is 265 g/mol. The van der Waals surface area contributed by atoms with Crippen molar-refractivity contribution in [2.24, 2.45) is 11.7 Å². The zero-order valence-corrected chi connectivity index (χ0v) is 12.7. The monoisotopic (exact) mass is 285 g/mol. The van der Waals surface area contributed by atoms with E-state index >= 15 is 0 Å². The van der Waals surface area contributed by atoms with Gasteiger partial charge in [-0.1, -0.05) is 25.2 Å². The van der Waals surface area contributed by atoms with E-state index in [9.17, 15) is 4.79 Å². The first kappa shape index (κ1) is 16.4. The third-order valence-electron chi connectivity index (χ3n) is 1.70. The third-order valence-corrected chi connectivity index (χ3v) is 7.61. The van der Waals surface area contributed by atoms with Gasteiger partial charge in [-0.3, -0.25) is 4.79 Å². The summed E-state index contributed by atoms with van der Waals surface area (Å²) >= 11 is 6.60. The van der Waals surface area contributed by atoms with E-state index in [-0.39, 0.29) is 17.1 Å². The van der Waals surface area contributed by atoms with E-state index in [1.165, 1.54) is 11.4 Å². The van der Waals surface area contributed by atoms with Crippen molar-refractivity contribution < 1.29 is 13.8 Å². The van der Waals surface area contributed by atoms with Crippen LogP contribution in [0.3, 0.4) is 0 Å². The number of hydrogen-bond donors (Lipinski definition) is 1. The van der Waals surface area contributed by atoms with E-state index in [0.29, 0.717) is 13.2 Å². The van der Waals surface area contributed by atoms with Crippen LogP contribution >= 0.6 is 17.1 Å². The molecule has 0 aromatic heterocycles. The molecule has 7 heteroatoms. The Bertz CT molecular complexity index is 263. The number of rotatable bonds is 8. The average Bonchev–Trinajstić information content (AvgIpc) is 2.14. The minimum Gasteiger partial charge on any atom is -0.369 e. The maximum absolute atomic E-state index is 11.3. The zero-order valence-electron chi connectivity index (χ0n) is 10.1. The fourth-order valence-corrected chi connectivity index (χ4v) is 6.85. The van der Waals surface area contributed by atoms with Gasteiger partial charge in [-0.15, -0.1) is 0 Å². The molecule has 0 aliphatic heterocycles. The van der Waals surface area contributed by atoms with Crippen LogP contribution in [0.1, 0.15) is 27.7 Å². The molecule has 0 aliphatic rings. The topological polar surface area (TPSA) is 61.6 Å². The van der Waals surface area contributed by atoms with Crippen LogP contribution in [-0.2, 0) is 25.6 Å². The summed E-state index contributed by atoms with van der Waals surface area (Å²) < 4.78 is 10.9. The molecule has 0 aromatic rings. The Balaban J connectivity index is 4.70. The molecular formula is C9H20NO3PS2. The summed E-state index contributed by atoms with van der Waals surface area (Å²) in [6, 6.07) is 0. The van der Waals surface area contributed by atoms with Gasteiger partial charge in [0.1, 0.15) is 0 Å². The van der Waals surface area contributed by atoms with Crippen molar-refractivity contribution in [1.82, 2.24) is 0 Å². The third kappa shape index (κ3) is 5.64. The molecule has 0 bridgehead atoms. The lowest BCUT2D eigenvalue weighted by Gasteiger charge is -2.25. The van der Waals surface area contributed by atoms with Gasteiger partial charge in [0.05, 0.1) is 18.5 Å². The summed E-state index contributed by atoms with van der Waals surface area (Å²) in [4.78, 5) is 11.3. The van der Waals surface area contributed by atoms with E-state index in [1.807, 2.05) is 27.7 Å². The summed E-state index contributed by atoms with van der Waals surface area (Å²) in [7, 11) is 0. The van der Waals surface area contributed by atoms with Crippen molar-refractivity contribution in [3.05, 3.63) is 0 Å². The van der Waals surface area contributed by atoms with Crippen LogP contribution in [0, 0.1) is 5.92 Å². The highest BCUT2D eigenvalue weighted by molar-refractivity contribution is 8.68. The largest absolute Gasteiger partial charge is 0.369 e. The van der Waals surface area contributed by atoms with Crippen molar-refractivity contribution in [1.29, 1.82) is 0 Å². The minimum atomic E-state index is -2.43. The molecule has 0 radical (unpaired) electrons. The molecule has 96 valence electrons. The Hall–Kier alpha value is 0.390. The van der Waals surface area contributed by atoms with Crippen LogP contribution in [0.4, 0.5) is 0 Å². The van der Waals surface area contributed by atoms with Crippen molar-refractivity contribution in [3.63, 3.8) is 0 Å². The van der Waals surface area contributed by atoms with E-state index in [4.69, 9.17) is 26.6 Å². The molecule has 0 saturated heterocycles. The Morgan fingerprint density at radius 2 is 1.81 bits per heavy atom. The van der Waals surface area contributed by atoms with E-state index in [0.717, 1.165) is 0 Å². The predicted octanol–water partition coefficient (Wildman–Crippen LogP) is 2.53. The first-order valence-corrected chi connectivity index (χ1v) is 9.35. The number of primary amides is 1. The summed E-state index contributed by atoms with van der Waals surface area (Å²) in [5, 5.41) is -0.357. The molecule has 0 spiro atoms. The molecule has 16 heavy (non-hydrogen) atoms. The van der Waals surface area contributed by atoms with Gasteiger partial charge in [-0.25, -0.2) is 0 Å². The molecule has 2 N–H and O–H groups in total. The number of hydrogen-bond acceptors (Lipinski definition) is 5. The van der Waals surface area contributed by atoms with Crippen LogP contribution in [0.15, 0.2) is 0 Å². The second-order valence-corrected chi connectivity index (χ2v) is 9.79. The van der Waals surface area contributed by atoms with Gasteiger partial charge in [-0.2, -0.15) is 0 Å². The smallest absolute Gasteiger partial charge is 0.248 e. The molecule has 0 unspecified atom stereocenters. The first-order chi connectivity index (χ1) is 7.36. The van der Waals surface area contributed by atoms with Crippen molar-refractivity contribution >= 4 is 34.8 Å². The molecule has 0 aliphatic carbocycles. The quantitative estimate of drug-likeness (QED) is 0.694. The van der Waals surface area contributed by atoms with Crippen molar-refractivity contribution in [3.8, 4) is 0 Å². The van der Waals surface area contributed by atoms with Gasteiger partial charge < -0.3 is 14.8 Å². The van der Waals surface area contributed by atoms with E-state index < -0.39 is 5.69 Å². The Labute approximate surface area is 107 Å². The second kappa shape index (κ2) is 7.67. The number of carbonyl (C=O) groups is 1. The van der Waals surface area contributed by atoms with Gasteiger partial charge >= 0.3 is 0 Å². The molecule has 0 aromatic carbocycles. The highest BCUT2D eigenvalue weighted by atomic mass is 32.9. The molecule has 0 heterocycles. The maximum Gasteiger partial charge on any atom is 0.248 e. The summed E-state index contributed by atoms with van der Waals surface area (Å²) in [5.74, 6) is -0.251. The van der Waals surface area contributed by atoms with Gasteiger partial charge in [0.2, 0.25) is 11.6 Å². The van der Waals surface area contributed by atoms with Crippen LogP contribution < -0.4 is 5.73 Å². The van der Waals surface area contributed by atoms with Crippen molar-refractivity contribution in [2.75, 3.05) is 13.2 Å². The molecule has 0 rings (SSSR count). The van der Waals surface area contributed by atoms with Crippen molar-refractivity contribution in [2.45, 2.75) is 32.9 Å². The number of carbonyl (C=O) groups excluding carboxylic acids is 1. The van der Waals surface area contributed by atoms with Gasteiger partial charge in [0, 0.05) is 0 Å². The normalized spacial score (nSPS) is 14.1. The summed E-state index contributed by atoms with van der Waals surface area (Å²) in [5.41, 5.74) is 2.90. The summed E-state index contributed by atoms with van der Waals surface area (Å²) in [6.07, 6.45) is 0. The fraction of sp³-hybridized carbons (Fsp3) is 0.889. The van der Waals surface area contributed by atoms with E-state index in [2.05, 4.69) is 0 Å². The Morgan fingerprint density at radius 3 is 2.06 bits per heavy atom. The lowest BCUT2D eigenvalue weighted by Crippen LogP contribution is -2.30. The first-order valence-electron chi connectivity index (χ1n) is 5.23. The standard InChI is InChI=1S/C9H20NO3PS2/c1-5-12-14(15,13-6-2)16-8(7(3)4)9(10)11/h7-8H,5-6H2,1-4H3,(H2,10,11)/t8-/m0/s1. The van der Waals surface area contributed by atoms with Gasteiger partial charge in [0.25, 0.3) is 0 Å². The number of nitrogens with two attached hydrogens (primary N) is 1. The molecule has 0 fully saturated rings. The van der Waals surface area contributed by atoms with Gasteiger partial charge in [0.15, 0.2) is 0 Å². The predicted molar refractivity (Wildman–Crippen MR) is 72.9 cm³/mol. The molecule has 0 saturated carbocycles. The van der Waals surface area contributed by atoms with Crippen LogP contribution in [-0.4, -0.2) is 24.4 Å². The molecule has 1 amide bonds. The molecule has 1 atom stereocenters. The second-order valence-electron chi connectivity index (χ2n) is 3.46. The number of amides is 1. The fourth-order valence-electron chi connectivity index (χ4n) is 1.06. The average molecular weight is 285 g/mol. The van der Waals surface area contributed by atoms with Crippen LogP contribution in [0.2, 0.25) is 0 Å². The highest BCUT2D eigenvalue weighted by Gasteiger charge is 2.30. The Morgan fingerprint density at radius 1 is 1.38 bits per heavy atom. The van der Waals surface area contributed by atoms with Gasteiger partial charge in [-0.05, 0) is 31.6 Å². The van der Waals surface area contributed by atoms with E-state index in [1.54, 1.807) is 0 Å². The lowest BCUT2D eigenvalue weighted by atomic mass is 10.1. The molecule has 4 nitrogen and oxygen atoms in total. The van der Waals surface area contributed by atoms with Crippen LogP contribution in [0.5, 0.6) is 0 Å².